The summed E-state index contributed by atoms with van der Waals surface area (Å²) in [6.07, 6.45) is 0. The number of ketones is 1. The highest BCUT2D eigenvalue weighted by atomic mass is 32.2. The molecule has 0 fully saturated rings. The molecular formula is C21H28N2O5S3. The number of methoxy groups -OCH3 is 1. The summed E-state index contributed by atoms with van der Waals surface area (Å²) in [5, 5.41) is 2.82. The average molecular weight is 485 g/mol. The SMILES string of the molecule is CCN(CC)S(=O)(=O)c1ccc(CNC(=O)CSCc2cc(C(C)=O)ccc2OC)s1. The predicted molar refractivity (Wildman–Crippen MR) is 125 cm³/mol. The monoisotopic (exact) mass is 484 g/mol. The zero-order valence-corrected chi connectivity index (χ0v) is 20.6. The minimum Gasteiger partial charge on any atom is -0.496 e. The number of carbonyl (C=O) groups is 2. The molecule has 0 atom stereocenters. The summed E-state index contributed by atoms with van der Waals surface area (Å²) in [5.74, 6) is 1.28. The average Bonchev–Trinajstić information content (AvgIpc) is 3.23. The zero-order valence-electron chi connectivity index (χ0n) is 18.1. The quantitative estimate of drug-likeness (QED) is 0.463. The molecule has 0 aliphatic heterocycles. The van der Waals surface area contributed by atoms with Gasteiger partial charge < -0.3 is 10.1 Å². The standard InChI is InChI=1S/C21H28N2O5S3/c1-5-23(6-2)31(26,27)21-10-8-18(30-21)12-22-20(25)14-29-13-17-11-16(15(3)24)7-9-19(17)28-4/h7-11H,5-6,12-14H2,1-4H3,(H,22,25). The molecule has 1 heterocycles. The molecule has 1 amide bonds. The van der Waals surface area contributed by atoms with Crippen molar-refractivity contribution in [1.29, 1.82) is 0 Å². The molecule has 1 aromatic heterocycles. The van der Waals surface area contributed by atoms with Gasteiger partial charge in [-0.05, 0) is 37.3 Å². The Morgan fingerprint density at radius 1 is 1.16 bits per heavy atom. The Hall–Kier alpha value is -1.88. The Bertz CT molecular complexity index is 1010. The number of benzene rings is 1. The Morgan fingerprint density at radius 3 is 2.48 bits per heavy atom. The lowest BCUT2D eigenvalue weighted by molar-refractivity contribution is -0.118. The van der Waals surface area contributed by atoms with Crippen molar-refractivity contribution in [2.24, 2.45) is 0 Å². The van der Waals surface area contributed by atoms with Crippen LogP contribution in [0.5, 0.6) is 5.75 Å². The highest BCUT2D eigenvalue weighted by Gasteiger charge is 2.23. The van der Waals surface area contributed by atoms with Crippen molar-refractivity contribution < 1.29 is 22.7 Å². The molecule has 0 saturated heterocycles. The number of hydrogen-bond donors (Lipinski definition) is 1. The van der Waals surface area contributed by atoms with Crippen LogP contribution in [0.4, 0.5) is 0 Å². The Morgan fingerprint density at radius 2 is 1.87 bits per heavy atom. The normalized spacial score (nSPS) is 11.5. The van der Waals surface area contributed by atoms with Crippen molar-refractivity contribution >= 4 is 44.8 Å². The van der Waals surface area contributed by atoms with Crippen LogP contribution in [0, 0.1) is 0 Å². The van der Waals surface area contributed by atoms with Gasteiger partial charge in [-0.25, -0.2) is 8.42 Å². The van der Waals surface area contributed by atoms with E-state index < -0.39 is 10.0 Å². The maximum atomic E-state index is 12.6. The molecule has 0 spiro atoms. The maximum Gasteiger partial charge on any atom is 0.252 e. The number of thiophene rings is 1. The molecule has 31 heavy (non-hydrogen) atoms. The van der Waals surface area contributed by atoms with Gasteiger partial charge in [0.1, 0.15) is 9.96 Å². The number of amides is 1. The second kappa shape index (κ2) is 11.7. The van der Waals surface area contributed by atoms with Crippen molar-refractivity contribution in [3.05, 3.63) is 46.3 Å². The first-order chi connectivity index (χ1) is 14.7. The lowest BCUT2D eigenvalue weighted by Crippen LogP contribution is -2.30. The van der Waals surface area contributed by atoms with E-state index >= 15 is 0 Å². The van der Waals surface area contributed by atoms with Gasteiger partial charge in [0.25, 0.3) is 10.0 Å². The fourth-order valence-electron chi connectivity index (χ4n) is 2.88. The number of thioether (sulfide) groups is 1. The Labute approximate surface area is 192 Å². The van der Waals surface area contributed by atoms with E-state index in [4.69, 9.17) is 4.74 Å². The van der Waals surface area contributed by atoms with Crippen LogP contribution in [0.25, 0.3) is 0 Å². The zero-order chi connectivity index (χ0) is 23.0. The molecule has 0 saturated carbocycles. The van der Waals surface area contributed by atoms with Crippen molar-refractivity contribution in [3.8, 4) is 5.75 Å². The van der Waals surface area contributed by atoms with Crippen LogP contribution in [0.15, 0.2) is 34.5 Å². The van der Waals surface area contributed by atoms with Crippen molar-refractivity contribution in [1.82, 2.24) is 9.62 Å². The van der Waals surface area contributed by atoms with Crippen LogP contribution in [0.1, 0.15) is 41.6 Å². The van der Waals surface area contributed by atoms with E-state index in [2.05, 4.69) is 5.32 Å². The van der Waals surface area contributed by atoms with E-state index in [-0.39, 0.29) is 28.2 Å². The molecular weight excluding hydrogens is 456 g/mol. The molecule has 7 nitrogen and oxygen atoms in total. The summed E-state index contributed by atoms with van der Waals surface area (Å²) in [5.41, 5.74) is 1.46. The minimum absolute atomic E-state index is 0.0232. The lowest BCUT2D eigenvalue weighted by atomic mass is 10.1. The van der Waals surface area contributed by atoms with Crippen LogP contribution in [-0.4, -0.2) is 50.4 Å². The van der Waals surface area contributed by atoms with Gasteiger partial charge in [-0.15, -0.1) is 23.1 Å². The van der Waals surface area contributed by atoms with E-state index in [1.807, 2.05) is 0 Å². The summed E-state index contributed by atoms with van der Waals surface area (Å²) in [6, 6.07) is 8.58. The molecule has 0 unspecified atom stereocenters. The van der Waals surface area contributed by atoms with Crippen LogP contribution in [0.2, 0.25) is 0 Å². The molecule has 0 aliphatic carbocycles. The first-order valence-electron chi connectivity index (χ1n) is 9.84. The van der Waals surface area contributed by atoms with Crippen molar-refractivity contribution in [2.45, 2.75) is 37.3 Å². The van der Waals surface area contributed by atoms with Crippen molar-refractivity contribution in [3.63, 3.8) is 0 Å². The number of carbonyl (C=O) groups excluding carboxylic acids is 2. The van der Waals surface area contributed by atoms with Crippen LogP contribution in [-0.2, 0) is 27.1 Å². The second-order valence-corrected chi connectivity index (χ2v) is 11.0. The molecule has 1 aromatic carbocycles. The lowest BCUT2D eigenvalue weighted by Gasteiger charge is -2.16. The number of nitrogens with one attached hydrogen (secondary N) is 1. The van der Waals surface area contributed by atoms with Gasteiger partial charge in [-0.1, -0.05) is 13.8 Å². The number of ether oxygens (including phenoxy) is 1. The van der Waals surface area contributed by atoms with Gasteiger partial charge in [-0.2, -0.15) is 4.31 Å². The van der Waals surface area contributed by atoms with Gasteiger partial charge in [0.15, 0.2) is 5.78 Å². The van der Waals surface area contributed by atoms with Crippen molar-refractivity contribution in [2.75, 3.05) is 26.0 Å². The number of sulfonamides is 1. The van der Waals surface area contributed by atoms with Gasteiger partial charge in [0, 0.05) is 34.8 Å². The van der Waals surface area contributed by atoms with Crippen LogP contribution >= 0.6 is 23.1 Å². The first kappa shape index (κ1) is 25.4. The molecule has 2 rings (SSSR count). The predicted octanol–water partition coefficient (Wildman–Crippen LogP) is 3.54. The third-order valence-electron chi connectivity index (χ3n) is 4.57. The molecule has 2 aromatic rings. The smallest absolute Gasteiger partial charge is 0.252 e. The number of nitrogens with zero attached hydrogens (tertiary/aromatic N) is 1. The summed E-state index contributed by atoms with van der Waals surface area (Å²) in [6.45, 7) is 6.23. The third kappa shape index (κ3) is 6.80. The highest BCUT2D eigenvalue weighted by Crippen LogP contribution is 2.26. The molecule has 170 valence electrons. The number of rotatable bonds is 12. The fourth-order valence-corrected chi connectivity index (χ4v) is 6.63. The van der Waals surface area contributed by atoms with E-state index in [1.54, 1.807) is 51.3 Å². The molecule has 0 aliphatic rings. The van der Waals surface area contributed by atoms with E-state index in [9.17, 15) is 18.0 Å². The van der Waals surface area contributed by atoms with Gasteiger partial charge in [0.05, 0.1) is 19.4 Å². The van der Waals surface area contributed by atoms with Gasteiger partial charge in [-0.3, -0.25) is 9.59 Å². The molecule has 1 N–H and O–H groups in total. The number of Topliss-reactive ketones (excluding diaryl/α,β-unsaturated/α-hetero) is 1. The fraction of sp³-hybridized carbons (Fsp3) is 0.429. The number of hydrogen-bond acceptors (Lipinski definition) is 7. The van der Waals surface area contributed by atoms with E-state index in [1.165, 1.54) is 34.3 Å². The van der Waals surface area contributed by atoms with Crippen LogP contribution < -0.4 is 10.1 Å². The molecule has 10 heteroatoms. The van der Waals surface area contributed by atoms with E-state index in [0.29, 0.717) is 30.2 Å². The van der Waals surface area contributed by atoms with Crippen LogP contribution in [0.3, 0.4) is 0 Å². The molecule has 0 radical (unpaired) electrons. The minimum atomic E-state index is -3.48. The first-order valence-corrected chi connectivity index (χ1v) is 13.2. The van der Waals surface area contributed by atoms with Gasteiger partial charge in [0.2, 0.25) is 5.91 Å². The summed E-state index contributed by atoms with van der Waals surface area (Å²) in [4.78, 5) is 24.6. The molecule has 0 bridgehead atoms. The van der Waals surface area contributed by atoms with E-state index in [0.717, 1.165) is 10.4 Å². The Balaban J connectivity index is 1.88. The third-order valence-corrected chi connectivity index (χ3v) is 9.16. The Kier molecular flexibility index (Phi) is 9.54. The second-order valence-electron chi connectivity index (χ2n) is 6.66. The topological polar surface area (TPSA) is 92.8 Å². The summed E-state index contributed by atoms with van der Waals surface area (Å²) < 4.78 is 32.1. The maximum absolute atomic E-state index is 12.6. The summed E-state index contributed by atoms with van der Waals surface area (Å²) >= 11 is 2.59. The van der Waals surface area contributed by atoms with Gasteiger partial charge >= 0.3 is 0 Å². The highest BCUT2D eigenvalue weighted by molar-refractivity contribution is 7.99. The summed E-state index contributed by atoms with van der Waals surface area (Å²) in [7, 11) is -1.91. The largest absolute Gasteiger partial charge is 0.496 e.